The Bertz CT molecular complexity index is 912. The van der Waals surface area contributed by atoms with E-state index in [9.17, 15) is 4.79 Å². The van der Waals surface area contributed by atoms with E-state index in [1.54, 1.807) is 0 Å². The molecule has 0 radical (unpaired) electrons. The summed E-state index contributed by atoms with van der Waals surface area (Å²) in [4.78, 5) is 20.6. The third-order valence-electron chi connectivity index (χ3n) is 5.64. The molecule has 1 aromatic heterocycles. The number of nitrogens with one attached hydrogen (secondary N) is 3. The van der Waals surface area contributed by atoms with Gasteiger partial charge in [0, 0.05) is 17.6 Å². The van der Waals surface area contributed by atoms with Gasteiger partial charge in [-0.15, -0.1) is 0 Å². The summed E-state index contributed by atoms with van der Waals surface area (Å²) in [7, 11) is 0. The highest BCUT2D eigenvalue weighted by Crippen LogP contribution is 2.32. The first-order chi connectivity index (χ1) is 13.6. The molecule has 3 N–H and O–H groups in total. The van der Waals surface area contributed by atoms with Gasteiger partial charge < -0.3 is 15.6 Å². The van der Waals surface area contributed by atoms with E-state index in [2.05, 4.69) is 47.7 Å². The quantitative estimate of drug-likeness (QED) is 0.560. The van der Waals surface area contributed by atoms with Gasteiger partial charge in [-0.3, -0.25) is 0 Å². The second-order valence-corrected chi connectivity index (χ2v) is 8.07. The van der Waals surface area contributed by atoms with Crippen molar-refractivity contribution in [3.05, 3.63) is 59.9 Å². The standard InChI is InChI=1S/C23H28N4O/c1-15(2)16-10-12-18(13-11-16)24-23(28)25-19-7-5-6-17(14-19)22-26-20-8-3-4-9-21(20)27-22/h3-4,8-13,15,17,19H,5-7,14H2,1-2H3,(H,26,27)(H2,24,25,28). The molecule has 2 unspecified atom stereocenters. The van der Waals surface area contributed by atoms with Crippen LogP contribution in [0.15, 0.2) is 48.5 Å². The van der Waals surface area contributed by atoms with Crippen molar-refractivity contribution in [1.29, 1.82) is 0 Å². The van der Waals surface area contributed by atoms with Gasteiger partial charge in [0.05, 0.1) is 11.0 Å². The van der Waals surface area contributed by atoms with E-state index in [0.29, 0.717) is 11.8 Å². The average molecular weight is 377 g/mol. The summed E-state index contributed by atoms with van der Waals surface area (Å²) in [5, 5.41) is 6.10. The molecular weight excluding hydrogens is 348 g/mol. The lowest BCUT2D eigenvalue weighted by atomic mass is 9.85. The lowest BCUT2D eigenvalue weighted by Crippen LogP contribution is -2.40. The van der Waals surface area contributed by atoms with E-state index < -0.39 is 0 Å². The number of nitrogens with zero attached hydrogens (tertiary/aromatic N) is 1. The lowest BCUT2D eigenvalue weighted by Gasteiger charge is -2.28. The molecule has 0 spiro atoms. The Hall–Kier alpha value is -2.82. The topological polar surface area (TPSA) is 69.8 Å². The predicted octanol–water partition coefficient (Wildman–Crippen LogP) is 5.53. The molecule has 2 aromatic carbocycles. The number of amides is 2. The number of H-pyrrole nitrogens is 1. The van der Waals surface area contributed by atoms with E-state index in [1.165, 1.54) is 5.56 Å². The van der Waals surface area contributed by atoms with Crippen molar-refractivity contribution < 1.29 is 4.79 Å². The van der Waals surface area contributed by atoms with Crippen molar-refractivity contribution in [1.82, 2.24) is 15.3 Å². The number of aromatic nitrogens is 2. The molecule has 146 valence electrons. The largest absolute Gasteiger partial charge is 0.342 e. The number of para-hydroxylation sites is 2. The van der Waals surface area contributed by atoms with Crippen molar-refractivity contribution in [2.24, 2.45) is 0 Å². The number of anilines is 1. The first-order valence-corrected chi connectivity index (χ1v) is 10.2. The van der Waals surface area contributed by atoms with Gasteiger partial charge in [-0.25, -0.2) is 9.78 Å². The van der Waals surface area contributed by atoms with Gasteiger partial charge in [-0.1, -0.05) is 44.5 Å². The number of carbonyl (C=O) groups is 1. The van der Waals surface area contributed by atoms with Crippen LogP contribution in [0.4, 0.5) is 10.5 Å². The Labute approximate surface area is 166 Å². The minimum absolute atomic E-state index is 0.132. The van der Waals surface area contributed by atoms with E-state index in [0.717, 1.165) is 48.2 Å². The van der Waals surface area contributed by atoms with Crippen LogP contribution in [0.3, 0.4) is 0 Å². The fraction of sp³-hybridized carbons (Fsp3) is 0.391. The van der Waals surface area contributed by atoms with Crippen LogP contribution in [0.5, 0.6) is 0 Å². The molecular formula is C23H28N4O. The molecule has 1 saturated carbocycles. The van der Waals surface area contributed by atoms with Crippen molar-refractivity contribution in [3.8, 4) is 0 Å². The van der Waals surface area contributed by atoms with Crippen LogP contribution in [0.1, 0.15) is 62.8 Å². The highest BCUT2D eigenvalue weighted by Gasteiger charge is 2.26. The van der Waals surface area contributed by atoms with Crippen molar-refractivity contribution >= 4 is 22.8 Å². The van der Waals surface area contributed by atoms with E-state index >= 15 is 0 Å². The number of rotatable bonds is 4. The smallest absolute Gasteiger partial charge is 0.319 e. The molecule has 3 aromatic rings. The first-order valence-electron chi connectivity index (χ1n) is 10.2. The maximum absolute atomic E-state index is 12.4. The summed E-state index contributed by atoms with van der Waals surface area (Å²) in [6.45, 7) is 4.33. The molecule has 1 aliphatic carbocycles. The minimum atomic E-state index is -0.132. The Balaban J connectivity index is 1.36. The van der Waals surface area contributed by atoms with Gasteiger partial charge in [-0.05, 0) is 55.0 Å². The van der Waals surface area contributed by atoms with Crippen LogP contribution >= 0.6 is 0 Å². The molecule has 4 rings (SSSR count). The molecule has 5 heteroatoms. The molecule has 1 heterocycles. The number of carbonyl (C=O) groups excluding carboxylic acids is 1. The van der Waals surface area contributed by atoms with E-state index in [4.69, 9.17) is 4.98 Å². The number of hydrogen-bond donors (Lipinski definition) is 3. The van der Waals surface area contributed by atoms with Crippen LogP contribution in [0, 0.1) is 0 Å². The van der Waals surface area contributed by atoms with Crippen LogP contribution in [-0.4, -0.2) is 22.0 Å². The van der Waals surface area contributed by atoms with E-state index in [1.807, 2.05) is 30.3 Å². The van der Waals surface area contributed by atoms with Gasteiger partial charge in [-0.2, -0.15) is 0 Å². The van der Waals surface area contributed by atoms with Gasteiger partial charge in [0.15, 0.2) is 0 Å². The second kappa shape index (κ2) is 8.05. The zero-order valence-electron chi connectivity index (χ0n) is 16.5. The summed E-state index contributed by atoms with van der Waals surface area (Å²) in [5.74, 6) is 1.88. The Kier molecular flexibility index (Phi) is 5.33. The fourth-order valence-electron chi connectivity index (χ4n) is 4.04. The van der Waals surface area contributed by atoms with Crippen LogP contribution in [0.25, 0.3) is 11.0 Å². The number of aromatic amines is 1. The minimum Gasteiger partial charge on any atom is -0.342 e. The molecule has 2 amide bonds. The van der Waals surface area contributed by atoms with E-state index in [-0.39, 0.29) is 12.1 Å². The molecule has 0 bridgehead atoms. The predicted molar refractivity (Wildman–Crippen MR) is 114 cm³/mol. The van der Waals surface area contributed by atoms with Crippen LogP contribution in [0.2, 0.25) is 0 Å². The lowest BCUT2D eigenvalue weighted by molar-refractivity contribution is 0.242. The summed E-state index contributed by atoms with van der Waals surface area (Å²) in [6, 6.07) is 16.2. The number of urea groups is 1. The van der Waals surface area contributed by atoms with Gasteiger partial charge in [0.1, 0.15) is 5.82 Å². The molecule has 1 aliphatic rings. The zero-order valence-corrected chi connectivity index (χ0v) is 16.5. The number of hydrogen-bond acceptors (Lipinski definition) is 2. The summed E-state index contributed by atoms with van der Waals surface area (Å²) in [6.07, 6.45) is 4.13. The fourth-order valence-corrected chi connectivity index (χ4v) is 4.04. The highest BCUT2D eigenvalue weighted by atomic mass is 16.2. The van der Waals surface area contributed by atoms with Gasteiger partial charge in [0.2, 0.25) is 0 Å². The zero-order chi connectivity index (χ0) is 19.5. The Morgan fingerprint density at radius 1 is 1.11 bits per heavy atom. The molecule has 28 heavy (non-hydrogen) atoms. The second-order valence-electron chi connectivity index (χ2n) is 8.07. The molecule has 0 aliphatic heterocycles. The monoisotopic (exact) mass is 376 g/mol. The van der Waals surface area contributed by atoms with Crippen LogP contribution in [-0.2, 0) is 0 Å². The normalized spacial score (nSPS) is 19.7. The maximum Gasteiger partial charge on any atom is 0.319 e. The average Bonchev–Trinajstić information content (AvgIpc) is 3.13. The molecule has 0 saturated heterocycles. The van der Waals surface area contributed by atoms with Gasteiger partial charge in [0.25, 0.3) is 0 Å². The molecule has 5 nitrogen and oxygen atoms in total. The maximum atomic E-state index is 12.4. The summed E-state index contributed by atoms with van der Waals surface area (Å²) in [5.41, 5.74) is 4.18. The Morgan fingerprint density at radius 2 is 1.89 bits per heavy atom. The third-order valence-corrected chi connectivity index (χ3v) is 5.64. The highest BCUT2D eigenvalue weighted by molar-refractivity contribution is 5.89. The van der Waals surface area contributed by atoms with Gasteiger partial charge >= 0.3 is 6.03 Å². The van der Waals surface area contributed by atoms with Crippen molar-refractivity contribution in [2.45, 2.75) is 57.4 Å². The molecule has 2 atom stereocenters. The SMILES string of the molecule is CC(C)c1ccc(NC(=O)NC2CCCC(c3nc4ccccc4[nH]3)C2)cc1. The number of imidazole rings is 1. The number of fused-ring (bicyclic) bond motifs is 1. The molecule has 1 fully saturated rings. The van der Waals surface area contributed by atoms with Crippen molar-refractivity contribution in [3.63, 3.8) is 0 Å². The summed E-state index contributed by atoms with van der Waals surface area (Å²) >= 11 is 0. The van der Waals surface area contributed by atoms with Crippen LogP contribution < -0.4 is 10.6 Å². The Morgan fingerprint density at radius 3 is 2.64 bits per heavy atom. The first kappa shape index (κ1) is 18.5. The van der Waals surface area contributed by atoms with Crippen molar-refractivity contribution in [2.75, 3.05) is 5.32 Å². The number of benzene rings is 2. The third kappa shape index (κ3) is 4.19. The summed E-state index contributed by atoms with van der Waals surface area (Å²) < 4.78 is 0.